The molecule has 0 amide bonds. The fourth-order valence-corrected chi connectivity index (χ4v) is 3.42. The average molecular weight is 272 g/mol. The predicted molar refractivity (Wildman–Crippen MR) is 82.9 cm³/mol. The van der Waals surface area contributed by atoms with Crippen LogP contribution in [0.25, 0.3) is 11.0 Å². The van der Waals surface area contributed by atoms with Crippen LogP contribution in [0, 0.1) is 12.8 Å². The molecular weight excluding hydrogens is 248 g/mol. The lowest BCUT2D eigenvalue weighted by Crippen LogP contribution is -2.27. The molecule has 1 fully saturated rings. The molecule has 0 bridgehead atoms. The van der Waals surface area contributed by atoms with Gasteiger partial charge in [0.2, 0.25) is 0 Å². The van der Waals surface area contributed by atoms with E-state index >= 15 is 0 Å². The lowest BCUT2D eigenvalue weighted by Gasteiger charge is -2.29. The Labute approximate surface area is 120 Å². The van der Waals surface area contributed by atoms with E-state index < -0.39 is 0 Å². The highest BCUT2D eigenvalue weighted by Crippen LogP contribution is 2.29. The molecule has 4 heteroatoms. The summed E-state index contributed by atoms with van der Waals surface area (Å²) in [4.78, 5) is 4.54. The van der Waals surface area contributed by atoms with E-state index in [2.05, 4.69) is 28.4 Å². The number of hydrogen-bond donors (Lipinski definition) is 1. The third-order valence-electron chi connectivity index (χ3n) is 4.59. The number of anilines is 1. The van der Waals surface area contributed by atoms with Gasteiger partial charge in [-0.1, -0.05) is 26.2 Å². The highest BCUT2D eigenvalue weighted by atomic mass is 15.3. The molecule has 4 nitrogen and oxygen atoms in total. The standard InChI is InChI=1S/C16H24N4/c1-4-12-6-5-7-13(8-12)18-14-9-15-11(2)19-20(3)16(15)17-10-14/h9-10,12-13,18H,4-8H2,1-3H3. The normalized spacial score (nSPS) is 23.1. The fourth-order valence-electron chi connectivity index (χ4n) is 3.42. The topological polar surface area (TPSA) is 42.7 Å². The minimum absolute atomic E-state index is 0.602. The van der Waals surface area contributed by atoms with Crippen molar-refractivity contribution < 1.29 is 0 Å². The van der Waals surface area contributed by atoms with E-state index in [1.807, 2.05) is 24.9 Å². The molecule has 108 valence electrons. The van der Waals surface area contributed by atoms with Crippen LogP contribution >= 0.6 is 0 Å². The van der Waals surface area contributed by atoms with Gasteiger partial charge in [0.05, 0.1) is 17.6 Å². The summed E-state index contributed by atoms with van der Waals surface area (Å²) in [6, 6.07) is 2.80. The second kappa shape index (κ2) is 5.43. The van der Waals surface area contributed by atoms with Crippen LogP contribution in [0.4, 0.5) is 5.69 Å². The van der Waals surface area contributed by atoms with Gasteiger partial charge in [0.25, 0.3) is 0 Å². The molecule has 0 radical (unpaired) electrons. The number of hydrogen-bond acceptors (Lipinski definition) is 3. The summed E-state index contributed by atoms with van der Waals surface area (Å²) in [5.74, 6) is 0.887. The molecule has 1 aliphatic rings. The lowest BCUT2D eigenvalue weighted by molar-refractivity contribution is 0.327. The first-order valence-corrected chi connectivity index (χ1v) is 7.73. The van der Waals surface area contributed by atoms with Gasteiger partial charge in [-0.15, -0.1) is 0 Å². The number of fused-ring (bicyclic) bond motifs is 1. The Balaban J connectivity index is 1.79. The minimum atomic E-state index is 0.602. The van der Waals surface area contributed by atoms with Gasteiger partial charge in [-0.2, -0.15) is 5.10 Å². The first-order valence-electron chi connectivity index (χ1n) is 7.73. The van der Waals surface area contributed by atoms with Gasteiger partial charge < -0.3 is 5.32 Å². The van der Waals surface area contributed by atoms with Gasteiger partial charge in [-0.05, 0) is 31.7 Å². The van der Waals surface area contributed by atoms with Crippen molar-refractivity contribution in [2.75, 3.05) is 5.32 Å². The molecule has 2 unspecified atom stereocenters. The molecule has 1 saturated carbocycles. The second-order valence-electron chi connectivity index (χ2n) is 6.09. The number of nitrogens with one attached hydrogen (secondary N) is 1. The smallest absolute Gasteiger partial charge is 0.157 e. The van der Waals surface area contributed by atoms with Crippen molar-refractivity contribution in [3.63, 3.8) is 0 Å². The molecule has 0 saturated heterocycles. The largest absolute Gasteiger partial charge is 0.381 e. The Morgan fingerprint density at radius 2 is 2.25 bits per heavy atom. The maximum atomic E-state index is 4.54. The summed E-state index contributed by atoms with van der Waals surface area (Å²) < 4.78 is 1.85. The molecule has 0 aliphatic heterocycles. The number of aryl methyl sites for hydroxylation is 2. The van der Waals surface area contributed by atoms with Crippen molar-refractivity contribution in [2.45, 2.75) is 52.0 Å². The molecule has 0 spiro atoms. The van der Waals surface area contributed by atoms with Crippen LogP contribution in [0.15, 0.2) is 12.3 Å². The summed E-state index contributed by atoms with van der Waals surface area (Å²) in [6.07, 6.45) is 8.56. The Hall–Kier alpha value is -1.58. The Morgan fingerprint density at radius 3 is 3.05 bits per heavy atom. The molecule has 1 aliphatic carbocycles. The van der Waals surface area contributed by atoms with Gasteiger partial charge >= 0.3 is 0 Å². The quantitative estimate of drug-likeness (QED) is 0.927. The minimum Gasteiger partial charge on any atom is -0.381 e. The maximum Gasteiger partial charge on any atom is 0.157 e. The van der Waals surface area contributed by atoms with Crippen molar-refractivity contribution in [2.24, 2.45) is 13.0 Å². The Kier molecular flexibility index (Phi) is 3.64. The molecule has 20 heavy (non-hydrogen) atoms. The third-order valence-corrected chi connectivity index (χ3v) is 4.59. The highest BCUT2D eigenvalue weighted by molar-refractivity contribution is 5.81. The van der Waals surface area contributed by atoms with Gasteiger partial charge in [-0.25, -0.2) is 4.98 Å². The van der Waals surface area contributed by atoms with Crippen LogP contribution in [0.2, 0.25) is 0 Å². The molecule has 1 N–H and O–H groups in total. The van der Waals surface area contributed by atoms with Crippen LogP contribution in [0.5, 0.6) is 0 Å². The van der Waals surface area contributed by atoms with E-state index in [0.717, 1.165) is 28.3 Å². The van der Waals surface area contributed by atoms with Gasteiger partial charge in [-0.3, -0.25) is 4.68 Å². The molecule has 2 aromatic heterocycles. The van der Waals surface area contributed by atoms with Crippen LogP contribution in [-0.2, 0) is 7.05 Å². The zero-order valence-electron chi connectivity index (χ0n) is 12.7. The summed E-state index contributed by atoms with van der Waals surface area (Å²) in [6.45, 7) is 4.35. The zero-order chi connectivity index (χ0) is 14.1. The molecular formula is C16H24N4. The molecule has 0 aromatic carbocycles. The van der Waals surface area contributed by atoms with Gasteiger partial charge in [0.15, 0.2) is 5.65 Å². The first kappa shape index (κ1) is 13.4. The van der Waals surface area contributed by atoms with Gasteiger partial charge in [0, 0.05) is 18.5 Å². The van der Waals surface area contributed by atoms with Crippen molar-refractivity contribution in [1.29, 1.82) is 0 Å². The van der Waals surface area contributed by atoms with E-state index in [9.17, 15) is 0 Å². The molecule has 2 atom stereocenters. The zero-order valence-corrected chi connectivity index (χ0v) is 12.7. The first-order chi connectivity index (χ1) is 9.67. The molecule has 2 aromatic rings. The van der Waals surface area contributed by atoms with Crippen molar-refractivity contribution >= 4 is 16.7 Å². The number of pyridine rings is 1. The summed E-state index contributed by atoms with van der Waals surface area (Å²) in [5.41, 5.74) is 3.15. The van der Waals surface area contributed by atoms with E-state index in [4.69, 9.17) is 0 Å². The van der Waals surface area contributed by atoms with Crippen molar-refractivity contribution in [3.8, 4) is 0 Å². The van der Waals surface area contributed by atoms with Crippen LogP contribution in [0.1, 0.15) is 44.7 Å². The molecule has 2 heterocycles. The van der Waals surface area contributed by atoms with Crippen LogP contribution in [0.3, 0.4) is 0 Å². The summed E-state index contributed by atoms with van der Waals surface area (Å²) in [7, 11) is 1.95. The highest BCUT2D eigenvalue weighted by Gasteiger charge is 2.20. The second-order valence-corrected chi connectivity index (χ2v) is 6.09. The van der Waals surface area contributed by atoms with E-state index in [-0.39, 0.29) is 0 Å². The third kappa shape index (κ3) is 2.51. The molecule has 3 rings (SSSR count). The predicted octanol–water partition coefficient (Wildman–Crippen LogP) is 3.66. The lowest BCUT2D eigenvalue weighted by atomic mass is 9.84. The number of nitrogens with zero attached hydrogens (tertiary/aromatic N) is 3. The van der Waals surface area contributed by atoms with E-state index in [0.29, 0.717) is 6.04 Å². The summed E-state index contributed by atoms with van der Waals surface area (Å²) >= 11 is 0. The maximum absolute atomic E-state index is 4.54. The monoisotopic (exact) mass is 272 g/mol. The van der Waals surface area contributed by atoms with E-state index in [1.54, 1.807) is 0 Å². The average Bonchev–Trinajstić information content (AvgIpc) is 2.74. The summed E-state index contributed by atoms with van der Waals surface area (Å²) in [5, 5.41) is 9.26. The van der Waals surface area contributed by atoms with E-state index in [1.165, 1.54) is 32.1 Å². The Morgan fingerprint density at radius 1 is 1.40 bits per heavy atom. The number of rotatable bonds is 3. The van der Waals surface area contributed by atoms with Crippen LogP contribution < -0.4 is 5.32 Å². The van der Waals surface area contributed by atoms with Crippen molar-refractivity contribution in [3.05, 3.63) is 18.0 Å². The van der Waals surface area contributed by atoms with Gasteiger partial charge in [0.1, 0.15) is 0 Å². The number of aromatic nitrogens is 3. The van der Waals surface area contributed by atoms with Crippen molar-refractivity contribution in [1.82, 2.24) is 14.8 Å². The fraction of sp³-hybridized carbons (Fsp3) is 0.625. The van der Waals surface area contributed by atoms with Crippen LogP contribution in [-0.4, -0.2) is 20.8 Å². The Bertz CT molecular complexity index is 602. The SMILES string of the molecule is CCC1CCCC(Nc2cnc3c(c2)c(C)nn3C)C1.